The minimum Gasteiger partial charge on any atom is -0.497 e. The van der Waals surface area contributed by atoms with Crippen molar-refractivity contribution >= 4 is 27.5 Å². The zero-order valence-corrected chi connectivity index (χ0v) is 13.4. The van der Waals surface area contributed by atoms with Crippen LogP contribution in [0.1, 0.15) is 17.2 Å². The number of ether oxygens (including phenoxy) is 2. The van der Waals surface area contributed by atoms with E-state index >= 15 is 0 Å². The van der Waals surface area contributed by atoms with Crippen LogP contribution in [0.5, 0.6) is 11.5 Å². The highest BCUT2D eigenvalue weighted by atomic mass is 79.9. The Hall–Kier alpha value is -1.23. The number of methoxy groups -OCH3 is 2. The molecule has 1 unspecified atom stereocenters. The third-order valence-corrected chi connectivity index (χ3v) is 4.02. The van der Waals surface area contributed by atoms with E-state index in [2.05, 4.69) is 15.9 Å². The van der Waals surface area contributed by atoms with Gasteiger partial charge in [-0.3, -0.25) is 0 Å². The van der Waals surface area contributed by atoms with Gasteiger partial charge in [0.25, 0.3) is 0 Å². The molecule has 0 aromatic heterocycles. The van der Waals surface area contributed by atoms with E-state index in [1.165, 1.54) is 0 Å². The summed E-state index contributed by atoms with van der Waals surface area (Å²) in [5.74, 6) is 1.21. The van der Waals surface area contributed by atoms with Crippen molar-refractivity contribution in [2.45, 2.75) is 6.10 Å². The molecule has 0 heterocycles. The molecule has 2 rings (SSSR count). The zero-order valence-electron chi connectivity index (χ0n) is 11.1. The largest absolute Gasteiger partial charge is 0.497 e. The average molecular weight is 358 g/mol. The molecule has 2 aromatic carbocycles. The molecule has 0 spiro atoms. The van der Waals surface area contributed by atoms with E-state index in [4.69, 9.17) is 21.1 Å². The topological polar surface area (TPSA) is 38.7 Å². The monoisotopic (exact) mass is 356 g/mol. The van der Waals surface area contributed by atoms with Gasteiger partial charge in [0, 0.05) is 10.0 Å². The summed E-state index contributed by atoms with van der Waals surface area (Å²) in [6.45, 7) is 0. The summed E-state index contributed by atoms with van der Waals surface area (Å²) in [5, 5.41) is 11.0. The Morgan fingerprint density at radius 1 is 1.10 bits per heavy atom. The van der Waals surface area contributed by atoms with E-state index in [-0.39, 0.29) is 0 Å². The van der Waals surface area contributed by atoms with Crippen LogP contribution in [0.4, 0.5) is 0 Å². The Kier molecular flexibility index (Phi) is 4.91. The molecule has 0 saturated heterocycles. The molecule has 0 saturated carbocycles. The first-order valence-electron chi connectivity index (χ1n) is 5.91. The lowest BCUT2D eigenvalue weighted by Gasteiger charge is -2.16. The van der Waals surface area contributed by atoms with Gasteiger partial charge in [-0.05, 0) is 35.9 Å². The summed E-state index contributed by atoms with van der Waals surface area (Å²) < 4.78 is 11.2. The number of hydrogen-bond donors (Lipinski definition) is 1. The van der Waals surface area contributed by atoms with Crippen LogP contribution in [0.2, 0.25) is 5.02 Å². The minimum absolute atomic E-state index is 0.508. The van der Waals surface area contributed by atoms with Gasteiger partial charge >= 0.3 is 0 Å². The maximum Gasteiger partial charge on any atom is 0.137 e. The molecule has 0 aliphatic rings. The van der Waals surface area contributed by atoms with Crippen LogP contribution in [0.15, 0.2) is 40.9 Å². The van der Waals surface area contributed by atoms with Crippen LogP contribution in [0.25, 0.3) is 0 Å². The first-order valence-corrected chi connectivity index (χ1v) is 7.09. The molecule has 20 heavy (non-hydrogen) atoms. The van der Waals surface area contributed by atoms with Gasteiger partial charge in [-0.1, -0.05) is 33.6 Å². The van der Waals surface area contributed by atoms with E-state index in [0.29, 0.717) is 27.6 Å². The second-order valence-electron chi connectivity index (χ2n) is 4.18. The fourth-order valence-electron chi connectivity index (χ4n) is 1.88. The highest BCUT2D eigenvalue weighted by Gasteiger charge is 2.16. The van der Waals surface area contributed by atoms with Gasteiger partial charge in [0.05, 0.1) is 19.2 Å². The van der Waals surface area contributed by atoms with Crippen LogP contribution < -0.4 is 9.47 Å². The summed E-state index contributed by atoms with van der Waals surface area (Å²) in [6, 6.07) is 10.6. The lowest BCUT2D eigenvalue weighted by Crippen LogP contribution is -2.02. The number of rotatable bonds is 4. The standard InChI is InChI=1S/C15H14BrClO3/c1-19-10-4-5-12(16)11(8-10)15(18)9-3-6-13(17)14(7-9)20-2/h3-8,15,18H,1-2H3. The summed E-state index contributed by atoms with van der Waals surface area (Å²) in [5.41, 5.74) is 1.41. The highest BCUT2D eigenvalue weighted by Crippen LogP contribution is 2.34. The molecule has 0 aliphatic heterocycles. The van der Waals surface area contributed by atoms with Crippen molar-refractivity contribution in [3.05, 3.63) is 57.0 Å². The van der Waals surface area contributed by atoms with E-state index in [9.17, 15) is 5.11 Å². The Morgan fingerprint density at radius 3 is 2.50 bits per heavy atom. The van der Waals surface area contributed by atoms with Gasteiger partial charge < -0.3 is 14.6 Å². The summed E-state index contributed by atoms with van der Waals surface area (Å²) >= 11 is 9.42. The second kappa shape index (κ2) is 6.48. The molecule has 0 amide bonds. The molecular weight excluding hydrogens is 344 g/mol. The molecule has 106 valence electrons. The molecule has 0 bridgehead atoms. The van der Waals surface area contributed by atoms with Crippen molar-refractivity contribution in [1.29, 1.82) is 0 Å². The molecule has 0 aliphatic carbocycles. The second-order valence-corrected chi connectivity index (χ2v) is 5.45. The van der Waals surface area contributed by atoms with Gasteiger partial charge in [-0.25, -0.2) is 0 Å². The van der Waals surface area contributed by atoms with Gasteiger partial charge in [0.2, 0.25) is 0 Å². The van der Waals surface area contributed by atoms with Crippen LogP contribution in [0.3, 0.4) is 0 Å². The highest BCUT2D eigenvalue weighted by molar-refractivity contribution is 9.10. The van der Waals surface area contributed by atoms with Crippen molar-refractivity contribution < 1.29 is 14.6 Å². The summed E-state index contributed by atoms with van der Waals surface area (Å²) in [4.78, 5) is 0. The number of hydrogen-bond acceptors (Lipinski definition) is 3. The fraction of sp³-hybridized carbons (Fsp3) is 0.200. The SMILES string of the molecule is COc1ccc(Br)c(C(O)c2ccc(Cl)c(OC)c2)c1. The molecule has 5 heteroatoms. The molecule has 1 N–H and O–H groups in total. The van der Waals surface area contributed by atoms with Crippen LogP contribution in [-0.4, -0.2) is 19.3 Å². The van der Waals surface area contributed by atoms with Crippen molar-refractivity contribution in [1.82, 2.24) is 0 Å². The number of benzene rings is 2. The Morgan fingerprint density at radius 2 is 1.85 bits per heavy atom. The fourth-order valence-corrected chi connectivity index (χ4v) is 2.54. The number of aliphatic hydroxyl groups is 1. The Bertz CT molecular complexity index is 616. The Labute approximate surface area is 131 Å². The van der Waals surface area contributed by atoms with Crippen LogP contribution in [-0.2, 0) is 0 Å². The molecule has 0 radical (unpaired) electrons. The van der Waals surface area contributed by atoms with Crippen molar-refractivity contribution in [3.63, 3.8) is 0 Å². The predicted molar refractivity (Wildman–Crippen MR) is 82.8 cm³/mol. The van der Waals surface area contributed by atoms with Gasteiger partial charge in [0.15, 0.2) is 0 Å². The molecule has 0 fully saturated rings. The molecule has 2 aromatic rings. The van der Waals surface area contributed by atoms with E-state index < -0.39 is 6.10 Å². The first-order chi connectivity index (χ1) is 9.56. The first kappa shape index (κ1) is 15.2. The minimum atomic E-state index is -0.800. The summed E-state index contributed by atoms with van der Waals surface area (Å²) in [6.07, 6.45) is -0.800. The molecule has 3 nitrogen and oxygen atoms in total. The van der Waals surface area contributed by atoms with Gasteiger partial charge in [-0.15, -0.1) is 0 Å². The molecule has 1 atom stereocenters. The van der Waals surface area contributed by atoms with Crippen molar-refractivity contribution in [3.8, 4) is 11.5 Å². The maximum absolute atomic E-state index is 10.5. The third-order valence-electron chi connectivity index (χ3n) is 2.99. The molecular formula is C15H14BrClO3. The van der Waals surface area contributed by atoms with Gasteiger partial charge in [0.1, 0.15) is 17.6 Å². The van der Waals surface area contributed by atoms with Crippen molar-refractivity contribution in [2.24, 2.45) is 0 Å². The van der Waals surface area contributed by atoms with Crippen LogP contribution in [0, 0.1) is 0 Å². The van der Waals surface area contributed by atoms with Crippen molar-refractivity contribution in [2.75, 3.05) is 14.2 Å². The maximum atomic E-state index is 10.5. The smallest absolute Gasteiger partial charge is 0.137 e. The quantitative estimate of drug-likeness (QED) is 0.891. The number of aliphatic hydroxyl groups excluding tert-OH is 1. The predicted octanol–water partition coefficient (Wildman–Crippen LogP) is 4.20. The summed E-state index contributed by atoms with van der Waals surface area (Å²) in [7, 11) is 3.13. The average Bonchev–Trinajstić information content (AvgIpc) is 2.47. The normalized spacial score (nSPS) is 12.1. The lowest BCUT2D eigenvalue weighted by atomic mass is 10.0. The zero-order chi connectivity index (χ0) is 14.7. The third kappa shape index (κ3) is 3.08. The van der Waals surface area contributed by atoms with E-state index in [0.717, 1.165) is 4.47 Å². The van der Waals surface area contributed by atoms with Crippen LogP contribution >= 0.6 is 27.5 Å². The Balaban J connectivity index is 2.42. The van der Waals surface area contributed by atoms with Gasteiger partial charge in [-0.2, -0.15) is 0 Å². The lowest BCUT2D eigenvalue weighted by molar-refractivity contribution is 0.218. The number of halogens is 2. The van der Waals surface area contributed by atoms with E-state index in [1.807, 2.05) is 12.1 Å². The van der Waals surface area contributed by atoms with E-state index in [1.54, 1.807) is 38.5 Å².